The smallest absolute Gasteiger partial charge is 0.259 e. The van der Waals surface area contributed by atoms with Crippen molar-refractivity contribution in [2.45, 2.75) is 20.3 Å². The summed E-state index contributed by atoms with van der Waals surface area (Å²) in [5.41, 5.74) is 3.78. The molecule has 1 N–H and O–H groups in total. The van der Waals surface area contributed by atoms with Crippen molar-refractivity contribution in [2.24, 2.45) is 5.92 Å². The summed E-state index contributed by atoms with van der Waals surface area (Å²) in [5.74, 6) is 0.565. The lowest BCUT2D eigenvalue weighted by Gasteiger charge is -2.18. The highest BCUT2D eigenvalue weighted by atomic mass is 16.2. The van der Waals surface area contributed by atoms with Crippen LogP contribution in [0.4, 0.5) is 11.4 Å². The third kappa shape index (κ3) is 2.96. The van der Waals surface area contributed by atoms with Crippen LogP contribution in [0.3, 0.4) is 0 Å². The SMILES string of the molecule is CC(C)CNc1cncc(C(=O)N2CCc3ccccc32)c1. The highest BCUT2D eigenvalue weighted by molar-refractivity contribution is 6.07. The van der Waals surface area contributed by atoms with E-state index in [1.165, 1.54) is 5.56 Å². The fourth-order valence-corrected chi connectivity index (χ4v) is 2.68. The summed E-state index contributed by atoms with van der Waals surface area (Å²) in [5, 5.41) is 3.32. The number of pyridine rings is 1. The van der Waals surface area contributed by atoms with Crippen LogP contribution in [0.2, 0.25) is 0 Å². The van der Waals surface area contributed by atoms with Crippen molar-refractivity contribution < 1.29 is 4.79 Å². The Labute approximate surface area is 131 Å². The summed E-state index contributed by atoms with van der Waals surface area (Å²) in [6, 6.07) is 9.97. The standard InChI is InChI=1S/C18H21N3O/c1-13(2)10-20-16-9-15(11-19-12-16)18(22)21-8-7-14-5-3-4-6-17(14)21/h3-6,9,11-13,20H,7-8,10H2,1-2H3. The van der Waals surface area contributed by atoms with Crippen LogP contribution in [-0.4, -0.2) is 24.0 Å². The lowest BCUT2D eigenvalue weighted by molar-refractivity contribution is 0.0989. The van der Waals surface area contributed by atoms with Crippen LogP contribution >= 0.6 is 0 Å². The molecule has 0 unspecified atom stereocenters. The summed E-state index contributed by atoms with van der Waals surface area (Å²) in [7, 11) is 0. The van der Waals surface area contributed by atoms with Gasteiger partial charge in [-0.25, -0.2) is 0 Å². The minimum atomic E-state index is 0.0191. The van der Waals surface area contributed by atoms with Gasteiger partial charge in [-0.1, -0.05) is 32.0 Å². The van der Waals surface area contributed by atoms with Gasteiger partial charge >= 0.3 is 0 Å². The summed E-state index contributed by atoms with van der Waals surface area (Å²) < 4.78 is 0. The van der Waals surface area contributed by atoms with E-state index >= 15 is 0 Å². The molecule has 114 valence electrons. The zero-order valence-electron chi connectivity index (χ0n) is 13.0. The molecular formula is C18H21N3O. The third-order valence-corrected chi connectivity index (χ3v) is 3.83. The van der Waals surface area contributed by atoms with E-state index in [4.69, 9.17) is 0 Å². The van der Waals surface area contributed by atoms with E-state index in [0.29, 0.717) is 11.5 Å². The number of benzene rings is 1. The minimum absolute atomic E-state index is 0.0191. The maximum Gasteiger partial charge on any atom is 0.259 e. The van der Waals surface area contributed by atoms with Crippen LogP contribution in [-0.2, 0) is 6.42 Å². The fraction of sp³-hybridized carbons (Fsp3) is 0.333. The first kappa shape index (κ1) is 14.6. The molecule has 4 nitrogen and oxygen atoms in total. The molecular weight excluding hydrogens is 274 g/mol. The molecule has 1 aliphatic rings. The molecule has 1 aliphatic heterocycles. The Kier molecular flexibility index (Phi) is 4.09. The summed E-state index contributed by atoms with van der Waals surface area (Å²) >= 11 is 0. The van der Waals surface area contributed by atoms with Gasteiger partial charge in [0.2, 0.25) is 0 Å². The van der Waals surface area contributed by atoms with Crippen molar-refractivity contribution in [1.29, 1.82) is 0 Å². The predicted octanol–water partition coefficient (Wildman–Crippen LogP) is 3.35. The molecule has 1 aromatic carbocycles. The van der Waals surface area contributed by atoms with Crippen LogP contribution in [0, 0.1) is 5.92 Å². The number of para-hydroxylation sites is 1. The van der Waals surface area contributed by atoms with Crippen LogP contribution in [0.25, 0.3) is 0 Å². The Hall–Kier alpha value is -2.36. The van der Waals surface area contributed by atoms with Gasteiger partial charge in [0.25, 0.3) is 5.91 Å². The normalized spacial score (nSPS) is 13.3. The van der Waals surface area contributed by atoms with Gasteiger partial charge in [0, 0.05) is 31.2 Å². The van der Waals surface area contributed by atoms with Crippen molar-refractivity contribution in [3.05, 3.63) is 53.9 Å². The molecule has 0 saturated carbocycles. The van der Waals surface area contributed by atoms with E-state index in [0.717, 1.165) is 30.9 Å². The Bertz CT molecular complexity index is 682. The third-order valence-electron chi connectivity index (χ3n) is 3.83. The first-order valence-corrected chi connectivity index (χ1v) is 7.74. The molecule has 4 heteroatoms. The maximum atomic E-state index is 12.8. The van der Waals surface area contributed by atoms with Crippen LogP contribution < -0.4 is 10.2 Å². The van der Waals surface area contributed by atoms with Crippen molar-refractivity contribution in [1.82, 2.24) is 4.98 Å². The van der Waals surface area contributed by atoms with Gasteiger partial charge < -0.3 is 10.2 Å². The number of nitrogens with zero attached hydrogens (tertiary/aromatic N) is 2. The molecule has 3 rings (SSSR count). The summed E-state index contributed by atoms with van der Waals surface area (Å²) in [6.07, 6.45) is 4.32. The molecule has 22 heavy (non-hydrogen) atoms. The number of aromatic nitrogens is 1. The van der Waals surface area contributed by atoms with E-state index < -0.39 is 0 Å². The first-order chi connectivity index (χ1) is 10.6. The van der Waals surface area contributed by atoms with Gasteiger partial charge in [-0.3, -0.25) is 9.78 Å². The Balaban J connectivity index is 1.80. The van der Waals surface area contributed by atoms with Crippen molar-refractivity contribution in [2.75, 3.05) is 23.3 Å². The topological polar surface area (TPSA) is 45.2 Å². The minimum Gasteiger partial charge on any atom is -0.384 e. The van der Waals surface area contributed by atoms with E-state index in [2.05, 4.69) is 30.2 Å². The van der Waals surface area contributed by atoms with Gasteiger partial charge in [0.05, 0.1) is 11.3 Å². The van der Waals surface area contributed by atoms with E-state index in [1.807, 2.05) is 29.2 Å². The van der Waals surface area contributed by atoms with Crippen LogP contribution in [0.5, 0.6) is 0 Å². The number of fused-ring (bicyclic) bond motifs is 1. The largest absolute Gasteiger partial charge is 0.384 e. The maximum absolute atomic E-state index is 12.8. The van der Waals surface area contributed by atoms with Gasteiger partial charge in [-0.2, -0.15) is 0 Å². The number of nitrogens with one attached hydrogen (secondary N) is 1. The highest BCUT2D eigenvalue weighted by Gasteiger charge is 2.25. The second-order valence-electron chi connectivity index (χ2n) is 6.07. The Morgan fingerprint density at radius 1 is 1.32 bits per heavy atom. The number of rotatable bonds is 4. The molecule has 2 heterocycles. The predicted molar refractivity (Wildman–Crippen MR) is 89.4 cm³/mol. The molecule has 0 saturated heterocycles. The monoisotopic (exact) mass is 295 g/mol. The number of hydrogen-bond donors (Lipinski definition) is 1. The molecule has 0 atom stereocenters. The molecule has 1 amide bonds. The fourth-order valence-electron chi connectivity index (χ4n) is 2.68. The number of hydrogen-bond acceptors (Lipinski definition) is 3. The van der Waals surface area contributed by atoms with Crippen LogP contribution in [0.15, 0.2) is 42.7 Å². The van der Waals surface area contributed by atoms with Gasteiger partial charge in [0.1, 0.15) is 0 Å². The second-order valence-corrected chi connectivity index (χ2v) is 6.07. The highest BCUT2D eigenvalue weighted by Crippen LogP contribution is 2.29. The van der Waals surface area contributed by atoms with Crippen LogP contribution in [0.1, 0.15) is 29.8 Å². The lowest BCUT2D eigenvalue weighted by Crippen LogP contribution is -2.29. The van der Waals surface area contributed by atoms with E-state index in [9.17, 15) is 4.79 Å². The van der Waals surface area contributed by atoms with Crippen molar-refractivity contribution in [3.63, 3.8) is 0 Å². The average molecular weight is 295 g/mol. The van der Waals surface area contributed by atoms with Crippen molar-refractivity contribution in [3.8, 4) is 0 Å². The average Bonchev–Trinajstić information content (AvgIpc) is 2.96. The van der Waals surface area contributed by atoms with E-state index in [-0.39, 0.29) is 5.91 Å². The quantitative estimate of drug-likeness (QED) is 0.941. The summed E-state index contributed by atoms with van der Waals surface area (Å²) in [4.78, 5) is 18.8. The molecule has 0 spiro atoms. The number of carbonyl (C=O) groups excluding carboxylic acids is 1. The second kappa shape index (κ2) is 6.18. The zero-order valence-corrected chi connectivity index (χ0v) is 13.0. The molecule has 1 aromatic heterocycles. The molecule has 0 aliphatic carbocycles. The molecule has 2 aromatic rings. The van der Waals surface area contributed by atoms with Gasteiger partial charge in [-0.15, -0.1) is 0 Å². The lowest BCUT2D eigenvalue weighted by atomic mass is 10.1. The Morgan fingerprint density at radius 3 is 2.95 bits per heavy atom. The molecule has 0 fully saturated rings. The Morgan fingerprint density at radius 2 is 2.14 bits per heavy atom. The summed E-state index contributed by atoms with van der Waals surface area (Å²) in [6.45, 7) is 5.90. The van der Waals surface area contributed by atoms with Crippen molar-refractivity contribution >= 4 is 17.3 Å². The van der Waals surface area contributed by atoms with Gasteiger partial charge in [-0.05, 0) is 30.0 Å². The van der Waals surface area contributed by atoms with Gasteiger partial charge in [0.15, 0.2) is 0 Å². The van der Waals surface area contributed by atoms with E-state index in [1.54, 1.807) is 12.4 Å². The zero-order chi connectivity index (χ0) is 15.5. The first-order valence-electron chi connectivity index (χ1n) is 7.74. The number of carbonyl (C=O) groups is 1. The number of anilines is 2. The molecule has 0 radical (unpaired) electrons. The number of amides is 1. The molecule has 0 bridgehead atoms.